The van der Waals surface area contributed by atoms with Gasteiger partial charge < -0.3 is 4.42 Å². The predicted molar refractivity (Wildman–Crippen MR) is 200 cm³/mol. The molecule has 0 amide bonds. The molecule has 10 aromatic rings. The number of rotatable bonds is 3. The second-order valence-corrected chi connectivity index (χ2v) is 11.8. The van der Waals surface area contributed by atoms with Gasteiger partial charge in [-0.1, -0.05) is 151 Å². The van der Waals surface area contributed by atoms with Gasteiger partial charge in [0.05, 0.1) is 11.0 Å². The van der Waals surface area contributed by atoms with Crippen molar-refractivity contribution in [3.63, 3.8) is 0 Å². The Morgan fingerprint density at radius 2 is 1.00 bits per heavy atom. The highest BCUT2D eigenvalue weighted by molar-refractivity contribution is 6.24. The van der Waals surface area contributed by atoms with Crippen molar-refractivity contribution in [1.29, 1.82) is 0 Å². The van der Waals surface area contributed by atoms with Crippen LogP contribution in [0.15, 0.2) is 174 Å². The van der Waals surface area contributed by atoms with Gasteiger partial charge >= 0.3 is 0 Å². The Kier molecular flexibility index (Phi) is 4.19. The van der Waals surface area contributed by atoms with Crippen molar-refractivity contribution < 1.29 is 15.4 Å². The minimum absolute atomic E-state index is 0.175. The van der Waals surface area contributed by atoms with E-state index in [2.05, 4.69) is 6.07 Å². The Morgan fingerprint density at radius 1 is 0.404 bits per heavy atom. The van der Waals surface area contributed by atoms with Gasteiger partial charge in [-0.15, -0.1) is 0 Å². The summed E-state index contributed by atoms with van der Waals surface area (Å²) >= 11 is 0. The van der Waals surface area contributed by atoms with Crippen molar-refractivity contribution in [2.75, 3.05) is 0 Å². The molecule has 0 aliphatic rings. The third kappa shape index (κ3) is 3.90. The van der Waals surface area contributed by atoms with Crippen LogP contribution in [0.25, 0.3) is 98.4 Å². The highest BCUT2D eigenvalue weighted by atomic mass is 16.3. The van der Waals surface area contributed by atoms with Crippen LogP contribution in [0, 0.1) is 0 Å². The molecule has 0 atom stereocenters. The molecule has 0 unspecified atom stereocenters. The minimum Gasteiger partial charge on any atom is -0.455 e. The lowest BCUT2D eigenvalue weighted by Crippen LogP contribution is -1.93. The predicted octanol–water partition coefficient (Wildman–Crippen LogP) is 13.2. The molecule has 0 spiro atoms. The van der Waals surface area contributed by atoms with Crippen molar-refractivity contribution in [3.8, 4) is 33.4 Å². The van der Waals surface area contributed by atoms with Crippen molar-refractivity contribution in [2.45, 2.75) is 0 Å². The second kappa shape index (κ2) is 10.2. The molecule has 0 saturated carbocycles. The Hall–Kier alpha value is -6.18. The Labute approximate surface area is 283 Å². The van der Waals surface area contributed by atoms with Crippen LogP contribution < -0.4 is 0 Å². The zero-order valence-electron chi connectivity index (χ0n) is 33.0. The van der Waals surface area contributed by atoms with E-state index < -0.39 is 24.2 Å². The van der Waals surface area contributed by atoms with Crippen LogP contribution in [0.4, 0.5) is 0 Å². The topological polar surface area (TPSA) is 13.1 Å². The van der Waals surface area contributed by atoms with E-state index in [1.807, 2.05) is 115 Å². The van der Waals surface area contributed by atoms with E-state index in [0.717, 1.165) is 43.5 Å². The standard InChI is InChI=1S/C46H28O/c1-2-14-31-28-32(25-24-29(31)12-1)43-37-18-7-9-20-39(37)44(40-21-10-8-19-38(40)43)35-17-6-5-16-34(35)36-22-11-23-42-45(36)41-27-26-30-13-3-4-15-33(30)46(41)47-42/h1-28H/i7D,8D,9D,10D,18D,19D,20D,21D. The van der Waals surface area contributed by atoms with Crippen molar-refractivity contribution in [3.05, 3.63) is 170 Å². The summed E-state index contributed by atoms with van der Waals surface area (Å²) in [5, 5.41) is 6.35. The minimum atomic E-state index is -0.435. The highest BCUT2D eigenvalue weighted by Crippen LogP contribution is 2.48. The lowest BCUT2D eigenvalue weighted by molar-refractivity contribution is 0.673. The number of hydrogen-bond donors (Lipinski definition) is 0. The molecular weight excluding hydrogens is 569 g/mol. The van der Waals surface area contributed by atoms with Gasteiger partial charge in [0.15, 0.2) is 0 Å². The monoisotopic (exact) mass is 604 g/mol. The van der Waals surface area contributed by atoms with Crippen molar-refractivity contribution in [1.82, 2.24) is 0 Å². The molecule has 1 aromatic heterocycles. The maximum absolute atomic E-state index is 9.47. The molecule has 9 aromatic carbocycles. The molecule has 10 rings (SSSR count). The van der Waals surface area contributed by atoms with Crippen LogP contribution in [0.2, 0.25) is 0 Å². The number of fused-ring (bicyclic) bond motifs is 8. The maximum atomic E-state index is 9.47. The van der Waals surface area contributed by atoms with Gasteiger partial charge in [-0.25, -0.2) is 0 Å². The largest absolute Gasteiger partial charge is 0.455 e. The van der Waals surface area contributed by atoms with E-state index >= 15 is 0 Å². The molecule has 0 aliphatic carbocycles. The SMILES string of the molecule is [2H]c1c([2H])c([2H])c2c(-c3ccccc3-c3cccc4oc5c6ccccc6ccc5c34)c3c([2H])c([2H])c([2H])c([2H])c3c(-c3ccc4ccccc4c3)c2c1[2H]. The Balaban J connectivity index is 1.42. The van der Waals surface area contributed by atoms with Gasteiger partial charge in [-0.3, -0.25) is 0 Å². The van der Waals surface area contributed by atoms with Crippen LogP contribution in [0.5, 0.6) is 0 Å². The zero-order valence-corrected chi connectivity index (χ0v) is 25.0. The second-order valence-electron chi connectivity index (χ2n) is 11.8. The van der Waals surface area contributed by atoms with Gasteiger partial charge in [0.25, 0.3) is 0 Å². The summed E-state index contributed by atoms with van der Waals surface area (Å²) in [6, 6.07) is 36.0. The molecule has 0 bridgehead atoms. The van der Waals surface area contributed by atoms with Gasteiger partial charge in [-0.2, -0.15) is 0 Å². The highest BCUT2D eigenvalue weighted by Gasteiger charge is 2.21. The molecule has 0 N–H and O–H groups in total. The summed E-state index contributed by atoms with van der Waals surface area (Å²) in [4.78, 5) is 0. The third-order valence-electron chi connectivity index (χ3n) is 9.29. The Bertz CT molecular complexity index is 3230. The summed E-state index contributed by atoms with van der Waals surface area (Å²) in [7, 11) is 0. The van der Waals surface area contributed by atoms with Gasteiger partial charge in [-0.05, 0) is 89.3 Å². The first-order chi connectivity index (χ1) is 26.7. The van der Waals surface area contributed by atoms with E-state index in [0.29, 0.717) is 33.4 Å². The van der Waals surface area contributed by atoms with Gasteiger partial charge in [0.2, 0.25) is 0 Å². The molecule has 0 radical (unpaired) electrons. The average Bonchev–Trinajstić information content (AvgIpc) is 3.62. The van der Waals surface area contributed by atoms with Gasteiger partial charge in [0, 0.05) is 16.2 Å². The van der Waals surface area contributed by atoms with E-state index in [-0.39, 0.29) is 45.7 Å². The molecule has 0 aliphatic heterocycles. The summed E-state index contributed by atoms with van der Waals surface area (Å²) in [5.41, 5.74) is 4.70. The fraction of sp³-hybridized carbons (Fsp3) is 0. The number of furan rings is 1. The average molecular weight is 605 g/mol. The molecule has 1 nitrogen and oxygen atoms in total. The van der Waals surface area contributed by atoms with Crippen molar-refractivity contribution in [2.24, 2.45) is 0 Å². The summed E-state index contributed by atoms with van der Waals surface area (Å²) < 4.78 is 79.7. The van der Waals surface area contributed by atoms with Crippen LogP contribution in [0.1, 0.15) is 11.0 Å². The summed E-state index contributed by atoms with van der Waals surface area (Å²) in [6.07, 6.45) is 0. The van der Waals surface area contributed by atoms with E-state index in [1.54, 1.807) is 0 Å². The lowest BCUT2D eigenvalue weighted by Gasteiger charge is -2.20. The fourth-order valence-corrected chi connectivity index (χ4v) is 7.24. The zero-order chi connectivity index (χ0) is 37.9. The van der Waals surface area contributed by atoms with E-state index in [1.165, 1.54) is 0 Å². The Morgan fingerprint density at radius 3 is 1.77 bits per heavy atom. The fourth-order valence-electron chi connectivity index (χ4n) is 7.24. The molecule has 1 heterocycles. The smallest absolute Gasteiger partial charge is 0.143 e. The summed E-state index contributed by atoms with van der Waals surface area (Å²) in [5.74, 6) is 0. The van der Waals surface area contributed by atoms with Crippen LogP contribution in [-0.2, 0) is 0 Å². The number of hydrogen-bond acceptors (Lipinski definition) is 1. The first-order valence-corrected chi connectivity index (χ1v) is 15.5. The van der Waals surface area contributed by atoms with Crippen LogP contribution in [-0.4, -0.2) is 0 Å². The van der Waals surface area contributed by atoms with Gasteiger partial charge in [0.1, 0.15) is 11.2 Å². The summed E-state index contributed by atoms with van der Waals surface area (Å²) in [6.45, 7) is 0. The quantitative estimate of drug-likeness (QED) is 0.183. The molecule has 1 heteroatoms. The van der Waals surface area contributed by atoms with Crippen molar-refractivity contribution >= 4 is 65.0 Å². The van der Waals surface area contributed by atoms with Crippen LogP contribution >= 0.6 is 0 Å². The third-order valence-corrected chi connectivity index (χ3v) is 9.29. The first-order valence-electron chi connectivity index (χ1n) is 19.5. The molecular formula is C46H28O. The first kappa shape index (κ1) is 19.4. The lowest BCUT2D eigenvalue weighted by atomic mass is 9.83. The maximum Gasteiger partial charge on any atom is 0.143 e. The van der Waals surface area contributed by atoms with E-state index in [4.69, 9.17) is 9.90 Å². The molecule has 47 heavy (non-hydrogen) atoms. The molecule has 218 valence electrons. The van der Waals surface area contributed by atoms with E-state index in [9.17, 15) is 5.48 Å². The molecule has 0 fully saturated rings. The number of benzene rings is 9. The molecule has 0 saturated heterocycles. The van der Waals surface area contributed by atoms with Crippen LogP contribution in [0.3, 0.4) is 0 Å². The normalized spacial score (nSPS) is 14.2.